The summed E-state index contributed by atoms with van der Waals surface area (Å²) < 4.78 is 4.70. The monoisotopic (exact) mass is 328 g/mol. The Bertz CT molecular complexity index is 470. The number of likely N-dealkylation sites (tertiary alicyclic amines) is 1. The van der Waals surface area contributed by atoms with Crippen molar-refractivity contribution in [2.75, 3.05) is 7.11 Å². The van der Waals surface area contributed by atoms with Gasteiger partial charge in [0.1, 0.15) is 12.1 Å². The van der Waals surface area contributed by atoms with Crippen LogP contribution in [0.25, 0.3) is 0 Å². The summed E-state index contributed by atoms with van der Waals surface area (Å²) in [5.74, 6) is -1.12. The number of hydrogen-bond donors (Lipinski definition) is 2. The summed E-state index contributed by atoms with van der Waals surface area (Å²) in [5.41, 5.74) is -0.257. The minimum Gasteiger partial charge on any atom is -0.467 e. The number of carboxylic acid groups (broad SMARTS) is 1. The lowest BCUT2D eigenvalue weighted by molar-refractivity contribution is -0.147. The normalized spacial score (nSPS) is 22.8. The third-order valence-electron chi connectivity index (χ3n) is 4.33. The third-order valence-corrected chi connectivity index (χ3v) is 4.33. The van der Waals surface area contributed by atoms with Crippen LogP contribution in [0.3, 0.4) is 0 Å². The first-order valence-electron chi connectivity index (χ1n) is 7.90. The standard InChI is InChI=1S/C16H28N2O5/c1-9(2)12(14(20)23-6)17-13(19)10-7-8-11(16(3,4)5)18(10)15(21)22/h9-12H,7-8H2,1-6H3,(H,17,19)(H,21,22)/t10?,11?,12-/m1/s1. The molecule has 3 atom stereocenters. The first-order chi connectivity index (χ1) is 10.5. The number of esters is 1. The maximum Gasteiger partial charge on any atom is 0.408 e. The highest BCUT2D eigenvalue weighted by molar-refractivity contribution is 5.90. The molecule has 7 heteroatoms. The summed E-state index contributed by atoms with van der Waals surface area (Å²) in [7, 11) is 1.26. The van der Waals surface area contributed by atoms with E-state index in [1.807, 2.05) is 20.8 Å². The fourth-order valence-electron chi connectivity index (χ4n) is 3.06. The van der Waals surface area contributed by atoms with Crippen molar-refractivity contribution in [2.24, 2.45) is 11.3 Å². The summed E-state index contributed by atoms with van der Waals surface area (Å²) in [6, 6.07) is -1.79. The summed E-state index contributed by atoms with van der Waals surface area (Å²) in [6.07, 6.45) is -0.0356. The smallest absolute Gasteiger partial charge is 0.408 e. The van der Waals surface area contributed by atoms with E-state index in [0.717, 1.165) is 0 Å². The Morgan fingerprint density at radius 1 is 1.22 bits per heavy atom. The quantitative estimate of drug-likeness (QED) is 0.768. The van der Waals surface area contributed by atoms with Crippen molar-refractivity contribution in [3.05, 3.63) is 0 Å². The Morgan fingerprint density at radius 3 is 2.17 bits per heavy atom. The molecule has 1 aliphatic rings. The molecule has 0 aliphatic carbocycles. The van der Waals surface area contributed by atoms with E-state index >= 15 is 0 Å². The fraction of sp³-hybridized carbons (Fsp3) is 0.812. The van der Waals surface area contributed by atoms with Crippen LogP contribution in [0.15, 0.2) is 0 Å². The van der Waals surface area contributed by atoms with E-state index in [1.54, 1.807) is 13.8 Å². The molecule has 1 fully saturated rings. The van der Waals surface area contributed by atoms with Crippen LogP contribution in [0.4, 0.5) is 4.79 Å². The molecule has 132 valence electrons. The van der Waals surface area contributed by atoms with Gasteiger partial charge < -0.3 is 15.2 Å². The van der Waals surface area contributed by atoms with Gasteiger partial charge in [-0.3, -0.25) is 9.69 Å². The predicted octanol–water partition coefficient (Wildman–Crippen LogP) is 1.86. The van der Waals surface area contributed by atoms with Crippen molar-refractivity contribution >= 4 is 18.0 Å². The van der Waals surface area contributed by atoms with Gasteiger partial charge in [-0.25, -0.2) is 9.59 Å². The predicted molar refractivity (Wildman–Crippen MR) is 84.9 cm³/mol. The molecule has 2 unspecified atom stereocenters. The number of methoxy groups -OCH3 is 1. The average molecular weight is 328 g/mol. The van der Waals surface area contributed by atoms with Gasteiger partial charge in [0, 0.05) is 6.04 Å². The lowest BCUT2D eigenvalue weighted by atomic mass is 9.85. The van der Waals surface area contributed by atoms with Gasteiger partial charge in [-0.05, 0) is 24.2 Å². The molecular weight excluding hydrogens is 300 g/mol. The zero-order valence-corrected chi connectivity index (χ0v) is 14.8. The van der Waals surface area contributed by atoms with Gasteiger partial charge >= 0.3 is 12.1 Å². The van der Waals surface area contributed by atoms with Gasteiger partial charge in [0.25, 0.3) is 0 Å². The molecule has 0 radical (unpaired) electrons. The summed E-state index contributed by atoms with van der Waals surface area (Å²) in [6.45, 7) is 9.46. The second-order valence-corrected chi connectivity index (χ2v) is 7.42. The molecule has 7 nitrogen and oxygen atoms in total. The highest BCUT2D eigenvalue weighted by Gasteiger charge is 2.46. The van der Waals surface area contributed by atoms with Crippen molar-refractivity contribution < 1.29 is 24.2 Å². The fourth-order valence-corrected chi connectivity index (χ4v) is 3.06. The molecule has 1 heterocycles. The Hall–Kier alpha value is -1.79. The maximum atomic E-state index is 12.5. The van der Waals surface area contributed by atoms with Crippen LogP contribution in [-0.2, 0) is 14.3 Å². The van der Waals surface area contributed by atoms with Crippen LogP contribution in [0.1, 0.15) is 47.5 Å². The van der Waals surface area contributed by atoms with E-state index in [4.69, 9.17) is 4.74 Å². The van der Waals surface area contributed by atoms with Crippen LogP contribution in [-0.4, -0.2) is 53.2 Å². The number of nitrogens with one attached hydrogen (secondary N) is 1. The van der Waals surface area contributed by atoms with E-state index in [0.29, 0.717) is 12.8 Å². The second-order valence-electron chi connectivity index (χ2n) is 7.42. The van der Waals surface area contributed by atoms with Crippen molar-refractivity contribution in [1.29, 1.82) is 0 Å². The number of nitrogens with zero attached hydrogens (tertiary/aromatic N) is 1. The zero-order chi connectivity index (χ0) is 17.9. The average Bonchev–Trinajstić information content (AvgIpc) is 2.88. The second kappa shape index (κ2) is 7.19. The van der Waals surface area contributed by atoms with E-state index in [9.17, 15) is 19.5 Å². The SMILES string of the molecule is COC(=O)[C@H](NC(=O)C1CCC(C(C)(C)C)N1C(=O)O)C(C)C. The van der Waals surface area contributed by atoms with E-state index in [-0.39, 0.29) is 17.4 Å². The molecule has 0 spiro atoms. The number of rotatable bonds is 4. The molecule has 0 saturated carbocycles. The topological polar surface area (TPSA) is 95.9 Å². The van der Waals surface area contributed by atoms with Crippen LogP contribution in [0.5, 0.6) is 0 Å². The van der Waals surface area contributed by atoms with Gasteiger partial charge in [0.05, 0.1) is 7.11 Å². The van der Waals surface area contributed by atoms with Crippen molar-refractivity contribution in [3.63, 3.8) is 0 Å². The molecule has 0 bridgehead atoms. The molecule has 1 saturated heterocycles. The van der Waals surface area contributed by atoms with E-state index in [1.165, 1.54) is 12.0 Å². The summed E-state index contributed by atoms with van der Waals surface area (Å²) in [4.78, 5) is 37.2. The molecule has 0 aromatic rings. The highest BCUT2D eigenvalue weighted by atomic mass is 16.5. The molecule has 2 amide bonds. The third kappa shape index (κ3) is 4.36. The van der Waals surface area contributed by atoms with Crippen LogP contribution in [0, 0.1) is 11.3 Å². The van der Waals surface area contributed by atoms with Gasteiger partial charge in [-0.15, -0.1) is 0 Å². The van der Waals surface area contributed by atoms with Crippen molar-refractivity contribution in [3.8, 4) is 0 Å². The van der Waals surface area contributed by atoms with Gasteiger partial charge in [-0.1, -0.05) is 34.6 Å². The van der Waals surface area contributed by atoms with Crippen LogP contribution < -0.4 is 5.32 Å². The zero-order valence-electron chi connectivity index (χ0n) is 14.8. The molecular formula is C16H28N2O5. The first-order valence-corrected chi connectivity index (χ1v) is 7.90. The Morgan fingerprint density at radius 2 is 1.78 bits per heavy atom. The molecule has 23 heavy (non-hydrogen) atoms. The lowest BCUT2D eigenvalue weighted by Gasteiger charge is -2.35. The van der Waals surface area contributed by atoms with Gasteiger partial charge in [0.2, 0.25) is 5.91 Å². The number of carbonyl (C=O) groups excluding carboxylic acids is 2. The number of ether oxygens (including phenoxy) is 1. The minimum absolute atomic E-state index is 0.149. The highest BCUT2D eigenvalue weighted by Crippen LogP contribution is 2.36. The first kappa shape index (κ1) is 19.3. The number of hydrogen-bond acceptors (Lipinski definition) is 4. The largest absolute Gasteiger partial charge is 0.467 e. The summed E-state index contributed by atoms with van der Waals surface area (Å²) >= 11 is 0. The van der Waals surface area contributed by atoms with E-state index < -0.39 is 30.1 Å². The maximum absolute atomic E-state index is 12.5. The van der Waals surface area contributed by atoms with Crippen molar-refractivity contribution in [2.45, 2.75) is 65.6 Å². The molecule has 0 aromatic heterocycles. The van der Waals surface area contributed by atoms with E-state index in [2.05, 4.69) is 5.32 Å². The van der Waals surface area contributed by atoms with Gasteiger partial charge in [-0.2, -0.15) is 0 Å². The Balaban J connectivity index is 2.94. The molecule has 1 aliphatic heterocycles. The Kier molecular flexibility index (Phi) is 6.02. The molecule has 0 aromatic carbocycles. The van der Waals surface area contributed by atoms with Crippen molar-refractivity contribution in [1.82, 2.24) is 10.2 Å². The molecule has 2 N–H and O–H groups in total. The Labute approximate surface area is 137 Å². The molecule has 1 rings (SSSR count). The minimum atomic E-state index is -1.11. The lowest BCUT2D eigenvalue weighted by Crippen LogP contribution is -2.55. The number of amides is 2. The van der Waals surface area contributed by atoms with Gasteiger partial charge in [0.15, 0.2) is 0 Å². The summed E-state index contributed by atoms with van der Waals surface area (Å²) in [5, 5.41) is 12.2. The van der Waals surface area contributed by atoms with Crippen LogP contribution >= 0.6 is 0 Å². The van der Waals surface area contributed by atoms with Crippen LogP contribution in [0.2, 0.25) is 0 Å². The number of carbonyl (C=O) groups is 3.